The molecule has 224 valence electrons. The Hall–Kier alpha value is -3.05. The maximum absolute atomic E-state index is 12.8. The number of hydrogen-bond donors (Lipinski definition) is 8. The number of phenolic OH excluding ortho intramolecular Hbond substituents is 2. The predicted molar refractivity (Wildman–Crippen MR) is 134 cm³/mol. The van der Waals surface area contributed by atoms with E-state index in [-0.39, 0.29) is 29.2 Å². The van der Waals surface area contributed by atoms with Gasteiger partial charge in [-0.2, -0.15) is 0 Å². The molecule has 3 aliphatic rings. The highest BCUT2D eigenvalue weighted by molar-refractivity contribution is 6.02. The summed E-state index contributed by atoms with van der Waals surface area (Å²) >= 11 is 0. The van der Waals surface area contributed by atoms with E-state index in [1.807, 2.05) is 0 Å². The zero-order chi connectivity index (χ0) is 29.6. The molecule has 41 heavy (non-hydrogen) atoms. The first-order chi connectivity index (χ1) is 19.4. The van der Waals surface area contributed by atoms with Crippen molar-refractivity contribution in [3.8, 4) is 23.0 Å². The van der Waals surface area contributed by atoms with E-state index in [1.165, 1.54) is 25.1 Å². The molecule has 0 amide bonds. The molecule has 3 aliphatic heterocycles. The lowest BCUT2D eigenvalue weighted by molar-refractivity contribution is -0.318. The molecule has 8 N–H and O–H groups in total. The van der Waals surface area contributed by atoms with Crippen molar-refractivity contribution in [1.82, 2.24) is 0 Å². The molecule has 0 aliphatic carbocycles. The van der Waals surface area contributed by atoms with Crippen LogP contribution in [-0.2, 0) is 14.2 Å². The van der Waals surface area contributed by atoms with Gasteiger partial charge >= 0.3 is 0 Å². The van der Waals surface area contributed by atoms with Gasteiger partial charge in [-0.1, -0.05) is 12.1 Å². The number of phenols is 2. The minimum atomic E-state index is -1.76. The fourth-order valence-corrected chi connectivity index (χ4v) is 4.98. The van der Waals surface area contributed by atoms with Crippen LogP contribution in [-0.4, -0.2) is 115 Å². The van der Waals surface area contributed by atoms with E-state index in [0.717, 1.165) is 6.07 Å². The van der Waals surface area contributed by atoms with Crippen molar-refractivity contribution >= 4 is 5.78 Å². The molecule has 14 nitrogen and oxygen atoms in total. The molecule has 0 bridgehead atoms. The summed E-state index contributed by atoms with van der Waals surface area (Å²) in [7, 11) is 0. The van der Waals surface area contributed by atoms with Crippen molar-refractivity contribution in [2.45, 2.75) is 80.9 Å². The first kappa shape index (κ1) is 29.4. The van der Waals surface area contributed by atoms with Crippen LogP contribution in [0.25, 0.3) is 0 Å². The highest BCUT2D eigenvalue weighted by atomic mass is 16.7. The molecule has 2 fully saturated rings. The zero-order valence-electron chi connectivity index (χ0n) is 21.8. The second-order valence-corrected chi connectivity index (χ2v) is 10.3. The second-order valence-electron chi connectivity index (χ2n) is 10.3. The van der Waals surface area contributed by atoms with Crippen molar-refractivity contribution in [3.05, 3.63) is 47.5 Å². The number of aliphatic hydroxyl groups excluding tert-OH is 6. The number of carbonyl (C=O) groups excluding carboxylic acids is 1. The highest BCUT2D eigenvalue weighted by Gasteiger charge is 2.47. The molecule has 0 radical (unpaired) electrons. The number of ether oxygens (including phenoxy) is 5. The van der Waals surface area contributed by atoms with Gasteiger partial charge in [0.15, 0.2) is 12.1 Å². The molecule has 14 heteroatoms. The average molecular weight is 581 g/mol. The first-order valence-corrected chi connectivity index (χ1v) is 13.0. The number of aromatic hydroxyl groups is 2. The minimum absolute atomic E-state index is 0.00149. The Kier molecular flexibility index (Phi) is 8.39. The molecule has 2 saturated heterocycles. The predicted octanol–water partition coefficient (Wildman–Crippen LogP) is -1.17. The van der Waals surface area contributed by atoms with Crippen LogP contribution in [0.5, 0.6) is 23.0 Å². The number of fused-ring (bicyclic) bond motifs is 1. The van der Waals surface area contributed by atoms with Gasteiger partial charge in [0.25, 0.3) is 0 Å². The number of hydrogen-bond acceptors (Lipinski definition) is 14. The van der Waals surface area contributed by atoms with E-state index < -0.39 is 85.7 Å². The summed E-state index contributed by atoms with van der Waals surface area (Å²) in [5.74, 6) is -0.893. The summed E-state index contributed by atoms with van der Waals surface area (Å²) in [6.07, 6.45) is -15.6. The average Bonchev–Trinajstić information content (AvgIpc) is 2.94. The third kappa shape index (κ3) is 5.83. The van der Waals surface area contributed by atoms with Crippen LogP contribution in [0.4, 0.5) is 0 Å². The summed E-state index contributed by atoms with van der Waals surface area (Å²) < 4.78 is 28.0. The standard InChI is InChI=1S/C27H32O14/c1-10-20(31)22(33)24(35)26(38-10)37-9-18-21(32)23(34)25(36)27(41-18)39-13-6-14(29)19-15(30)8-16(40-17(19)7-13)11-2-4-12(28)5-3-11/h2-7,10,16,18,20-29,31-36H,8-9H2,1H3/t10-,16?,18+,20-,21+,22+,23-,24+,25+,26+,27+/m0/s1. The molecule has 2 aromatic carbocycles. The van der Waals surface area contributed by atoms with Gasteiger partial charge < -0.3 is 64.5 Å². The molecular formula is C27H32O14. The Bertz CT molecular complexity index is 1240. The molecule has 0 spiro atoms. The van der Waals surface area contributed by atoms with Gasteiger partial charge in [0.1, 0.15) is 77.4 Å². The van der Waals surface area contributed by atoms with Gasteiger partial charge in [-0.05, 0) is 24.6 Å². The van der Waals surface area contributed by atoms with E-state index in [0.29, 0.717) is 5.56 Å². The second kappa shape index (κ2) is 11.7. The maximum atomic E-state index is 12.8. The van der Waals surface area contributed by atoms with Gasteiger partial charge in [-0.3, -0.25) is 4.79 Å². The van der Waals surface area contributed by atoms with Crippen molar-refractivity contribution in [2.24, 2.45) is 0 Å². The van der Waals surface area contributed by atoms with Crippen molar-refractivity contribution < 1.29 is 69.3 Å². The number of Topliss-reactive ketones (excluding diaryl/α,β-unsaturated/α-hetero) is 1. The SMILES string of the molecule is C[C@@H]1O[C@@H](OC[C@H]2O[C@@H](Oc3cc(O)c4c(c3)OC(c3ccc(O)cc3)CC4=O)[C@H](O)[C@@H](O)[C@@H]2O)[C@H](O)[C@H](O)[C@H]1O. The van der Waals surface area contributed by atoms with Crippen LogP contribution in [0.1, 0.15) is 35.4 Å². The molecule has 0 aromatic heterocycles. The van der Waals surface area contributed by atoms with Crippen molar-refractivity contribution in [1.29, 1.82) is 0 Å². The normalized spacial score (nSPS) is 37.2. The molecule has 0 saturated carbocycles. The van der Waals surface area contributed by atoms with Crippen LogP contribution >= 0.6 is 0 Å². The number of carbonyl (C=O) groups is 1. The van der Waals surface area contributed by atoms with Crippen LogP contribution in [0.15, 0.2) is 36.4 Å². The Morgan fingerprint density at radius 1 is 0.829 bits per heavy atom. The fourth-order valence-electron chi connectivity index (χ4n) is 4.98. The Morgan fingerprint density at radius 2 is 1.49 bits per heavy atom. The Balaban J connectivity index is 1.30. The van der Waals surface area contributed by atoms with Gasteiger partial charge in [0.2, 0.25) is 6.29 Å². The van der Waals surface area contributed by atoms with Gasteiger partial charge in [0, 0.05) is 12.1 Å². The number of ketones is 1. The topological polar surface area (TPSA) is 225 Å². The number of benzene rings is 2. The maximum Gasteiger partial charge on any atom is 0.229 e. The van der Waals surface area contributed by atoms with Gasteiger partial charge in [0.05, 0.1) is 19.1 Å². The fraction of sp³-hybridized carbons (Fsp3) is 0.519. The smallest absolute Gasteiger partial charge is 0.229 e. The number of rotatable bonds is 6. The molecule has 3 heterocycles. The summed E-state index contributed by atoms with van der Waals surface area (Å²) in [5.41, 5.74) is 0.550. The van der Waals surface area contributed by atoms with Gasteiger partial charge in [-0.15, -0.1) is 0 Å². The Labute approximate surface area is 233 Å². The lowest BCUT2D eigenvalue weighted by Gasteiger charge is -2.42. The summed E-state index contributed by atoms with van der Waals surface area (Å²) in [6, 6.07) is 8.51. The van der Waals surface area contributed by atoms with Gasteiger partial charge in [-0.25, -0.2) is 0 Å². The summed E-state index contributed by atoms with van der Waals surface area (Å²) in [5, 5.41) is 81.5. The van der Waals surface area contributed by atoms with E-state index in [1.54, 1.807) is 12.1 Å². The largest absolute Gasteiger partial charge is 0.508 e. The lowest BCUT2D eigenvalue weighted by atomic mass is 9.95. The molecule has 2 aromatic rings. The molecule has 5 rings (SSSR count). The van der Waals surface area contributed by atoms with Crippen LogP contribution < -0.4 is 9.47 Å². The minimum Gasteiger partial charge on any atom is -0.508 e. The van der Waals surface area contributed by atoms with Crippen LogP contribution in [0.3, 0.4) is 0 Å². The molecule has 11 atom stereocenters. The highest BCUT2D eigenvalue weighted by Crippen LogP contribution is 2.42. The third-order valence-electron chi connectivity index (χ3n) is 7.39. The lowest BCUT2D eigenvalue weighted by Crippen LogP contribution is -2.61. The molecule has 1 unspecified atom stereocenters. The monoisotopic (exact) mass is 580 g/mol. The summed E-state index contributed by atoms with van der Waals surface area (Å²) in [4.78, 5) is 12.8. The van der Waals surface area contributed by atoms with E-state index in [9.17, 15) is 45.6 Å². The third-order valence-corrected chi connectivity index (χ3v) is 7.39. The zero-order valence-corrected chi connectivity index (χ0v) is 21.8. The molecular weight excluding hydrogens is 548 g/mol. The van der Waals surface area contributed by atoms with E-state index in [2.05, 4.69) is 0 Å². The quantitative estimate of drug-likeness (QED) is 0.202. The van der Waals surface area contributed by atoms with Crippen LogP contribution in [0.2, 0.25) is 0 Å². The first-order valence-electron chi connectivity index (χ1n) is 13.0. The van der Waals surface area contributed by atoms with Crippen molar-refractivity contribution in [2.75, 3.05) is 6.61 Å². The van der Waals surface area contributed by atoms with E-state index >= 15 is 0 Å². The number of aliphatic hydroxyl groups is 6. The van der Waals surface area contributed by atoms with Crippen molar-refractivity contribution in [3.63, 3.8) is 0 Å². The Morgan fingerprint density at radius 3 is 2.20 bits per heavy atom. The van der Waals surface area contributed by atoms with E-state index in [4.69, 9.17) is 23.7 Å². The van der Waals surface area contributed by atoms with Crippen LogP contribution in [0, 0.1) is 0 Å². The summed E-state index contributed by atoms with van der Waals surface area (Å²) in [6.45, 7) is 0.980.